The molecule has 0 bridgehead atoms. The molecule has 0 saturated carbocycles. The van der Waals surface area contributed by atoms with Crippen LogP contribution >= 0.6 is 0 Å². The molecule has 1 aromatic heterocycles. The second kappa shape index (κ2) is 9.53. The molecule has 6 nitrogen and oxygen atoms in total. The third-order valence-corrected chi connectivity index (χ3v) is 5.48. The van der Waals surface area contributed by atoms with Crippen LogP contribution in [0, 0.1) is 6.92 Å². The number of likely N-dealkylation sites (tertiary alicyclic amines) is 1. The van der Waals surface area contributed by atoms with Gasteiger partial charge in [-0.2, -0.15) is 0 Å². The summed E-state index contributed by atoms with van der Waals surface area (Å²) in [6, 6.07) is 17.2. The summed E-state index contributed by atoms with van der Waals surface area (Å²) in [6.45, 7) is 6.09. The van der Waals surface area contributed by atoms with Gasteiger partial charge in [-0.3, -0.25) is 14.6 Å². The van der Waals surface area contributed by atoms with Crippen molar-refractivity contribution in [3.8, 4) is 5.75 Å². The maximum atomic E-state index is 13.2. The summed E-state index contributed by atoms with van der Waals surface area (Å²) in [5, 5.41) is 11.1. The molecule has 0 aliphatic carbocycles. The van der Waals surface area contributed by atoms with Crippen molar-refractivity contribution in [3.05, 3.63) is 114 Å². The summed E-state index contributed by atoms with van der Waals surface area (Å²) in [6.07, 6.45) is 4.94. The number of aliphatic hydroxyl groups excluding tert-OH is 1. The number of ether oxygens (including phenoxy) is 1. The van der Waals surface area contributed by atoms with E-state index in [0.29, 0.717) is 23.5 Å². The minimum Gasteiger partial charge on any atom is -0.507 e. The highest BCUT2D eigenvalue weighted by atomic mass is 16.5. The predicted molar refractivity (Wildman–Crippen MR) is 125 cm³/mol. The first-order chi connectivity index (χ1) is 16.0. The Balaban J connectivity index is 1.84. The number of Topliss-reactive ketones (excluding diaryl/α,β-unsaturated/α-hetero) is 1. The van der Waals surface area contributed by atoms with E-state index in [1.807, 2.05) is 31.2 Å². The molecule has 1 atom stereocenters. The smallest absolute Gasteiger partial charge is 0.295 e. The van der Waals surface area contributed by atoms with E-state index >= 15 is 0 Å². The molecule has 1 aliphatic heterocycles. The van der Waals surface area contributed by atoms with E-state index in [-0.39, 0.29) is 17.9 Å². The van der Waals surface area contributed by atoms with E-state index in [2.05, 4.69) is 11.6 Å². The van der Waals surface area contributed by atoms with Crippen LogP contribution in [-0.2, 0) is 16.1 Å². The topological polar surface area (TPSA) is 79.7 Å². The number of amides is 1. The van der Waals surface area contributed by atoms with Gasteiger partial charge in [-0.25, -0.2) is 0 Å². The van der Waals surface area contributed by atoms with Crippen molar-refractivity contribution in [2.45, 2.75) is 19.5 Å². The molecule has 1 saturated heterocycles. The number of carbonyl (C=O) groups excluding carboxylic acids is 2. The van der Waals surface area contributed by atoms with Gasteiger partial charge in [0.15, 0.2) is 0 Å². The average molecular weight is 440 g/mol. The zero-order valence-electron chi connectivity index (χ0n) is 18.3. The number of nitrogens with zero attached hydrogens (tertiary/aromatic N) is 2. The van der Waals surface area contributed by atoms with Crippen LogP contribution in [0.15, 0.2) is 91.3 Å². The van der Waals surface area contributed by atoms with E-state index in [0.717, 1.165) is 11.1 Å². The highest BCUT2D eigenvalue weighted by molar-refractivity contribution is 6.46. The molecule has 0 radical (unpaired) electrons. The quantitative estimate of drug-likeness (QED) is 0.252. The Hall–Kier alpha value is -4.19. The Kier molecular flexibility index (Phi) is 6.36. The van der Waals surface area contributed by atoms with Crippen LogP contribution in [0.25, 0.3) is 5.76 Å². The molecule has 2 aromatic carbocycles. The molecule has 6 heteroatoms. The molecule has 4 rings (SSSR count). The zero-order valence-corrected chi connectivity index (χ0v) is 18.3. The normalized spacial score (nSPS) is 17.2. The van der Waals surface area contributed by atoms with Crippen LogP contribution in [-0.4, -0.2) is 33.3 Å². The van der Waals surface area contributed by atoms with Gasteiger partial charge >= 0.3 is 0 Å². The Morgan fingerprint density at radius 2 is 1.94 bits per heavy atom. The maximum absolute atomic E-state index is 13.2. The second-order valence-electron chi connectivity index (χ2n) is 7.83. The third-order valence-electron chi connectivity index (χ3n) is 5.48. The molecular weight excluding hydrogens is 416 g/mol. The van der Waals surface area contributed by atoms with Crippen molar-refractivity contribution in [2.24, 2.45) is 0 Å². The van der Waals surface area contributed by atoms with E-state index in [1.165, 1.54) is 4.90 Å². The Labute approximate surface area is 192 Å². The molecule has 0 unspecified atom stereocenters. The summed E-state index contributed by atoms with van der Waals surface area (Å²) in [7, 11) is 0. The molecule has 1 N–H and O–H groups in total. The Morgan fingerprint density at radius 1 is 1.15 bits per heavy atom. The molecule has 1 aliphatic rings. The first-order valence-corrected chi connectivity index (χ1v) is 10.6. The predicted octanol–water partition coefficient (Wildman–Crippen LogP) is 4.58. The fourth-order valence-electron chi connectivity index (χ4n) is 3.87. The fraction of sp³-hybridized carbons (Fsp3) is 0.148. The number of benzene rings is 2. The molecule has 1 amide bonds. The van der Waals surface area contributed by atoms with Crippen LogP contribution in [0.3, 0.4) is 0 Å². The lowest BCUT2D eigenvalue weighted by Gasteiger charge is -2.25. The van der Waals surface area contributed by atoms with Crippen molar-refractivity contribution in [2.75, 3.05) is 6.61 Å². The molecule has 3 aromatic rings. The lowest BCUT2D eigenvalue weighted by molar-refractivity contribution is -0.140. The lowest BCUT2D eigenvalue weighted by Crippen LogP contribution is -2.29. The summed E-state index contributed by atoms with van der Waals surface area (Å²) < 4.78 is 5.66. The van der Waals surface area contributed by atoms with E-state index in [1.54, 1.807) is 54.9 Å². The van der Waals surface area contributed by atoms with Crippen molar-refractivity contribution in [1.29, 1.82) is 0 Å². The van der Waals surface area contributed by atoms with Crippen LogP contribution in [0.1, 0.15) is 28.3 Å². The summed E-state index contributed by atoms with van der Waals surface area (Å²) >= 11 is 0. The van der Waals surface area contributed by atoms with Crippen molar-refractivity contribution >= 4 is 17.4 Å². The van der Waals surface area contributed by atoms with Gasteiger partial charge in [-0.05, 0) is 36.2 Å². The van der Waals surface area contributed by atoms with Crippen LogP contribution in [0.4, 0.5) is 0 Å². The molecule has 166 valence electrons. The summed E-state index contributed by atoms with van der Waals surface area (Å²) in [5.74, 6) is -1.02. The number of pyridine rings is 1. The van der Waals surface area contributed by atoms with Crippen LogP contribution in [0.5, 0.6) is 5.75 Å². The van der Waals surface area contributed by atoms with Crippen LogP contribution < -0.4 is 4.74 Å². The largest absolute Gasteiger partial charge is 0.507 e. The maximum Gasteiger partial charge on any atom is 0.295 e. The lowest BCUT2D eigenvalue weighted by atomic mass is 9.94. The van der Waals surface area contributed by atoms with Crippen molar-refractivity contribution in [3.63, 3.8) is 0 Å². The standard InChI is InChI=1S/C27H24N2O4/c1-3-14-33-22-8-4-7-21(15-22)24-23(25(30)20-11-9-18(2)10-12-20)26(31)27(32)29(24)17-19-6-5-13-28-16-19/h3-13,15-16,24,30H,1,14,17H2,2H3/t24-/m1/s1. The third kappa shape index (κ3) is 4.55. The molecular formula is C27H24N2O4. The average Bonchev–Trinajstić information content (AvgIpc) is 3.08. The van der Waals surface area contributed by atoms with Gasteiger partial charge in [0.2, 0.25) is 0 Å². The molecule has 33 heavy (non-hydrogen) atoms. The number of aromatic nitrogens is 1. The summed E-state index contributed by atoms with van der Waals surface area (Å²) in [5.41, 5.74) is 2.98. The highest BCUT2D eigenvalue weighted by Crippen LogP contribution is 2.41. The number of carbonyl (C=O) groups is 2. The number of aryl methyl sites for hydroxylation is 1. The number of hydrogen-bond donors (Lipinski definition) is 1. The monoisotopic (exact) mass is 440 g/mol. The Bertz CT molecular complexity index is 1220. The zero-order chi connectivity index (χ0) is 23.4. The molecule has 1 fully saturated rings. The van der Waals surface area contributed by atoms with Gasteiger partial charge < -0.3 is 14.7 Å². The number of ketones is 1. The SMILES string of the molecule is C=CCOc1cccc([C@@H]2C(=C(O)c3ccc(C)cc3)C(=O)C(=O)N2Cc2cccnc2)c1. The van der Waals surface area contributed by atoms with Gasteiger partial charge in [-0.15, -0.1) is 0 Å². The highest BCUT2D eigenvalue weighted by Gasteiger charge is 2.46. The number of aliphatic hydroxyl groups is 1. The minimum absolute atomic E-state index is 0.0496. The van der Waals surface area contributed by atoms with Crippen molar-refractivity contribution in [1.82, 2.24) is 9.88 Å². The fourth-order valence-corrected chi connectivity index (χ4v) is 3.87. The summed E-state index contributed by atoms with van der Waals surface area (Å²) in [4.78, 5) is 31.9. The minimum atomic E-state index is -0.779. The molecule has 2 heterocycles. The first kappa shape index (κ1) is 22.0. The number of rotatable bonds is 7. The van der Waals surface area contributed by atoms with Gasteiger partial charge in [0.05, 0.1) is 11.6 Å². The van der Waals surface area contributed by atoms with Gasteiger partial charge in [0.25, 0.3) is 11.7 Å². The van der Waals surface area contributed by atoms with Crippen LogP contribution in [0.2, 0.25) is 0 Å². The van der Waals surface area contributed by atoms with Gasteiger partial charge in [0, 0.05) is 24.5 Å². The van der Waals surface area contributed by atoms with E-state index in [9.17, 15) is 14.7 Å². The van der Waals surface area contributed by atoms with E-state index < -0.39 is 17.7 Å². The first-order valence-electron chi connectivity index (χ1n) is 10.6. The number of hydrogen-bond acceptors (Lipinski definition) is 5. The van der Waals surface area contributed by atoms with Gasteiger partial charge in [0.1, 0.15) is 18.1 Å². The Morgan fingerprint density at radius 3 is 2.64 bits per heavy atom. The van der Waals surface area contributed by atoms with Crippen molar-refractivity contribution < 1.29 is 19.4 Å². The molecule has 0 spiro atoms. The second-order valence-corrected chi connectivity index (χ2v) is 7.83. The van der Waals surface area contributed by atoms with Gasteiger partial charge in [-0.1, -0.05) is 60.7 Å². The van der Waals surface area contributed by atoms with E-state index in [4.69, 9.17) is 4.74 Å².